The predicted molar refractivity (Wildman–Crippen MR) is 114 cm³/mol. The van der Waals surface area contributed by atoms with Gasteiger partial charge in [-0.25, -0.2) is 0 Å². The highest BCUT2D eigenvalue weighted by Gasteiger charge is 2.50. The van der Waals surface area contributed by atoms with Crippen LogP contribution >= 0.6 is 46.4 Å². The Morgan fingerprint density at radius 3 is 1.90 bits per heavy atom. The molecular weight excluding hydrogens is 482 g/mol. The van der Waals surface area contributed by atoms with Crippen LogP contribution in [0.15, 0.2) is 54.6 Å². The highest BCUT2D eigenvalue weighted by Crippen LogP contribution is 2.50. The molecule has 0 aliphatic carbocycles. The van der Waals surface area contributed by atoms with E-state index in [1.165, 1.54) is 48.5 Å². The molecular formula is C19H12Cl4O5S. The Balaban J connectivity index is 2.58. The minimum Gasteiger partial charge on any atom is -0.508 e. The number of hydrogen-bond donors (Lipinski definition) is 3. The molecule has 3 N–H and O–H groups in total. The summed E-state index contributed by atoms with van der Waals surface area (Å²) in [6, 6.07) is 11.4. The molecule has 0 fully saturated rings. The Kier molecular flexibility index (Phi) is 5.98. The van der Waals surface area contributed by atoms with Gasteiger partial charge < -0.3 is 10.2 Å². The van der Waals surface area contributed by atoms with Crippen LogP contribution in [0.25, 0.3) is 0 Å². The molecule has 152 valence electrons. The number of halogens is 4. The number of benzene rings is 3. The van der Waals surface area contributed by atoms with Crippen LogP contribution in [-0.2, 0) is 14.9 Å². The highest BCUT2D eigenvalue weighted by molar-refractivity contribution is 7.87. The first-order chi connectivity index (χ1) is 13.5. The zero-order valence-corrected chi connectivity index (χ0v) is 18.1. The van der Waals surface area contributed by atoms with E-state index in [4.69, 9.17) is 46.4 Å². The van der Waals surface area contributed by atoms with E-state index < -0.39 is 20.6 Å². The summed E-state index contributed by atoms with van der Waals surface area (Å²) in [5.41, 5.74) is -0.209. The molecule has 1 unspecified atom stereocenters. The number of phenolic OH excluding ortho intramolecular Hbond substituents is 2. The molecule has 0 saturated carbocycles. The first kappa shape index (κ1) is 22.0. The van der Waals surface area contributed by atoms with E-state index in [1.807, 2.05) is 0 Å². The highest BCUT2D eigenvalue weighted by atomic mass is 35.5. The van der Waals surface area contributed by atoms with Crippen molar-refractivity contribution in [2.24, 2.45) is 0 Å². The van der Waals surface area contributed by atoms with Gasteiger partial charge in [0.15, 0.2) is 4.75 Å². The summed E-state index contributed by atoms with van der Waals surface area (Å²) in [6.07, 6.45) is 0. The van der Waals surface area contributed by atoms with Crippen molar-refractivity contribution in [2.45, 2.75) is 4.75 Å². The quantitative estimate of drug-likeness (QED) is 0.311. The lowest BCUT2D eigenvalue weighted by Crippen LogP contribution is -2.38. The van der Waals surface area contributed by atoms with Gasteiger partial charge in [0.05, 0.1) is 15.1 Å². The predicted octanol–water partition coefficient (Wildman–Crippen LogP) is 5.89. The summed E-state index contributed by atoms with van der Waals surface area (Å²) in [6.45, 7) is 0. The van der Waals surface area contributed by atoms with Crippen molar-refractivity contribution in [1.29, 1.82) is 0 Å². The normalized spacial score (nSPS) is 13.8. The van der Waals surface area contributed by atoms with Crippen molar-refractivity contribution in [1.82, 2.24) is 0 Å². The molecule has 0 aliphatic rings. The van der Waals surface area contributed by atoms with E-state index in [1.54, 1.807) is 0 Å². The van der Waals surface area contributed by atoms with Gasteiger partial charge in [-0.15, -0.1) is 0 Å². The van der Waals surface area contributed by atoms with Crippen molar-refractivity contribution >= 4 is 56.5 Å². The first-order valence-corrected chi connectivity index (χ1v) is 10.8. The van der Waals surface area contributed by atoms with Gasteiger partial charge >= 0.3 is 0 Å². The molecule has 3 aromatic carbocycles. The van der Waals surface area contributed by atoms with Crippen LogP contribution in [0, 0.1) is 0 Å². The fraction of sp³-hybridized carbons (Fsp3) is 0.0526. The first-order valence-electron chi connectivity index (χ1n) is 7.89. The molecule has 0 saturated heterocycles. The molecule has 0 radical (unpaired) electrons. The fourth-order valence-corrected chi connectivity index (χ4v) is 5.27. The molecule has 0 bridgehead atoms. The molecule has 5 nitrogen and oxygen atoms in total. The molecule has 3 rings (SSSR count). The smallest absolute Gasteiger partial charge is 0.283 e. The number of hydrogen-bond acceptors (Lipinski definition) is 4. The zero-order chi connectivity index (χ0) is 21.6. The van der Waals surface area contributed by atoms with Gasteiger partial charge in [-0.05, 0) is 41.5 Å². The third-order valence-corrected chi connectivity index (χ3v) is 7.20. The van der Waals surface area contributed by atoms with Crippen LogP contribution in [0.3, 0.4) is 0 Å². The number of rotatable bonds is 4. The van der Waals surface area contributed by atoms with Crippen LogP contribution in [0.1, 0.15) is 16.7 Å². The third kappa shape index (κ3) is 3.77. The van der Waals surface area contributed by atoms with Crippen LogP contribution < -0.4 is 0 Å². The maximum Gasteiger partial charge on any atom is 0.283 e. The minimum atomic E-state index is -5.02. The van der Waals surface area contributed by atoms with Crippen molar-refractivity contribution in [2.75, 3.05) is 0 Å². The van der Waals surface area contributed by atoms with Gasteiger partial charge in [-0.2, -0.15) is 8.42 Å². The molecule has 0 spiro atoms. The Morgan fingerprint density at radius 2 is 1.34 bits per heavy atom. The van der Waals surface area contributed by atoms with Crippen LogP contribution in [0.2, 0.25) is 20.1 Å². The van der Waals surface area contributed by atoms with Gasteiger partial charge in [-0.3, -0.25) is 4.55 Å². The Morgan fingerprint density at radius 1 is 0.759 bits per heavy atom. The average Bonchev–Trinajstić information content (AvgIpc) is 2.62. The van der Waals surface area contributed by atoms with Gasteiger partial charge in [0.1, 0.15) is 11.5 Å². The summed E-state index contributed by atoms with van der Waals surface area (Å²) in [5, 5.41) is 19.6. The molecule has 3 aromatic rings. The van der Waals surface area contributed by atoms with E-state index in [0.29, 0.717) is 0 Å². The van der Waals surface area contributed by atoms with Gasteiger partial charge in [-0.1, -0.05) is 64.6 Å². The Bertz CT molecular complexity index is 1200. The van der Waals surface area contributed by atoms with Crippen molar-refractivity contribution < 1.29 is 23.2 Å². The van der Waals surface area contributed by atoms with Crippen LogP contribution in [0.4, 0.5) is 0 Å². The van der Waals surface area contributed by atoms with Crippen LogP contribution in [0.5, 0.6) is 11.5 Å². The Hall–Kier alpha value is -1.67. The lowest BCUT2D eigenvalue weighted by molar-refractivity contribution is 0.455. The molecule has 0 amide bonds. The minimum absolute atomic E-state index is 0.0105. The zero-order valence-electron chi connectivity index (χ0n) is 14.3. The summed E-state index contributed by atoms with van der Waals surface area (Å²) in [5.74, 6) is -0.617. The molecule has 0 aliphatic heterocycles. The fourth-order valence-electron chi connectivity index (χ4n) is 3.16. The summed E-state index contributed by atoms with van der Waals surface area (Å²) >= 11 is 24.4. The maximum atomic E-state index is 12.9. The SMILES string of the molecule is O=S(=O)(O)C(c1ccc(O)cc1)(c1ccc(Cl)c(Cl)c1)c1cc(Cl)cc(O)c1Cl. The summed E-state index contributed by atoms with van der Waals surface area (Å²) in [4.78, 5) is 0. The molecule has 29 heavy (non-hydrogen) atoms. The molecule has 10 heteroatoms. The van der Waals surface area contributed by atoms with E-state index in [0.717, 1.165) is 6.07 Å². The maximum absolute atomic E-state index is 12.9. The van der Waals surface area contributed by atoms with E-state index >= 15 is 0 Å². The second-order valence-corrected chi connectivity index (χ2v) is 9.31. The van der Waals surface area contributed by atoms with E-state index in [9.17, 15) is 23.2 Å². The lowest BCUT2D eigenvalue weighted by atomic mass is 9.83. The van der Waals surface area contributed by atoms with E-state index in [2.05, 4.69) is 0 Å². The van der Waals surface area contributed by atoms with Crippen molar-refractivity contribution in [3.05, 3.63) is 91.4 Å². The van der Waals surface area contributed by atoms with Gasteiger partial charge in [0.2, 0.25) is 0 Å². The largest absolute Gasteiger partial charge is 0.508 e. The lowest BCUT2D eigenvalue weighted by Gasteiger charge is -2.33. The second-order valence-electron chi connectivity index (χ2n) is 6.12. The molecule has 0 aromatic heterocycles. The van der Waals surface area contributed by atoms with Crippen molar-refractivity contribution in [3.63, 3.8) is 0 Å². The van der Waals surface area contributed by atoms with Crippen LogP contribution in [-0.4, -0.2) is 23.2 Å². The standard InChI is InChI=1S/C19H12Cl4O5S/c20-12-8-14(18(23)17(25)9-12)19(29(26,27)28,10-1-4-13(24)5-2-10)11-3-6-15(21)16(22)7-11/h1-9,24-25H,(H,26,27,28). The Labute approximate surface area is 186 Å². The summed E-state index contributed by atoms with van der Waals surface area (Å²) < 4.78 is 34.0. The summed E-state index contributed by atoms with van der Waals surface area (Å²) in [7, 11) is -5.02. The monoisotopic (exact) mass is 492 g/mol. The van der Waals surface area contributed by atoms with Gasteiger partial charge in [0, 0.05) is 16.7 Å². The average molecular weight is 494 g/mol. The number of phenols is 2. The molecule has 1 atom stereocenters. The second kappa shape index (κ2) is 7.87. The molecule has 0 heterocycles. The third-order valence-electron chi connectivity index (χ3n) is 4.38. The topological polar surface area (TPSA) is 94.8 Å². The van der Waals surface area contributed by atoms with E-state index in [-0.39, 0.29) is 42.5 Å². The number of aromatic hydroxyl groups is 2. The van der Waals surface area contributed by atoms with Gasteiger partial charge in [0.25, 0.3) is 10.1 Å². The van der Waals surface area contributed by atoms with Crippen molar-refractivity contribution in [3.8, 4) is 11.5 Å².